The van der Waals surface area contributed by atoms with Gasteiger partial charge in [-0.2, -0.15) is 4.98 Å². The number of hydrogen-bond acceptors (Lipinski definition) is 5. The third-order valence-corrected chi connectivity index (χ3v) is 3.07. The molecule has 0 spiro atoms. The number of nitrogens with one attached hydrogen (secondary N) is 1. The Labute approximate surface area is 107 Å². The maximum atomic E-state index is 12.2. The number of hydrogen-bond donors (Lipinski definition) is 1. The van der Waals surface area contributed by atoms with Crippen LogP contribution in [0.15, 0.2) is 4.52 Å². The number of aromatic nitrogens is 2. The average molecular weight is 252 g/mol. The lowest BCUT2D eigenvalue weighted by molar-refractivity contribution is -0.137. The second-order valence-electron chi connectivity index (χ2n) is 4.64. The fourth-order valence-corrected chi connectivity index (χ4v) is 2.17. The van der Waals surface area contributed by atoms with Crippen molar-refractivity contribution in [2.24, 2.45) is 0 Å². The fourth-order valence-electron chi connectivity index (χ4n) is 2.17. The van der Waals surface area contributed by atoms with Gasteiger partial charge >= 0.3 is 0 Å². The van der Waals surface area contributed by atoms with E-state index in [0.717, 1.165) is 32.4 Å². The summed E-state index contributed by atoms with van der Waals surface area (Å²) < 4.78 is 5.06. The first kappa shape index (κ1) is 13.0. The smallest absolute Gasteiger partial charge is 0.246 e. The van der Waals surface area contributed by atoms with Gasteiger partial charge < -0.3 is 14.7 Å². The lowest BCUT2D eigenvalue weighted by Gasteiger charge is -2.31. The number of piperidine rings is 1. The van der Waals surface area contributed by atoms with Crippen LogP contribution in [0.4, 0.5) is 0 Å². The predicted octanol–water partition coefficient (Wildman–Crippen LogP) is 0.869. The first-order valence-corrected chi connectivity index (χ1v) is 6.52. The van der Waals surface area contributed by atoms with Gasteiger partial charge in [0, 0.05) is 6.54 Å². The van der Waals surface area contributed by atoms with Crippen molar-refractivity contribution in [2.75, 3.05) is 13.1 Å². The Bertz CT molecular complexity index is 405. The molecule has 1 aromatic rings. The molecule has 1 saturated heterocycles. The molecule has 1 aliphatic rings. The Balaban J connectivity index is 1.93. The van der Waals surface area contributed by atoms with Crippen LogP contribution in [-0.4, -0.2) is 40.1 Å². The largest absolute Gasteiger partial charge is 0.337 e. The van der Waals surface area contributed by atoms with Gasteiger partial charge in [0.25, 0.3) is 0 Å². The summed E-state index contributed by atoms with van der Waals surface area (Å²) in [5, 5.41) is 7.02. The van der Waals surface area contributed by atoms with E-state index < -0.39 is 0 Å². The first-order valence-electron chi connectivity index (χ1n) is 6.52. The molecule has 0 aliphatic carbocycles. The minimum atomic E-state index is -0.0530. The molecule has 18 heavy (non-hydrogen) atoms. The standard InChI is InChI=1S/C12H20N4O2/c1-3-6-13-10-5-4-7-16(12(10)17)8-11-14-9(2)15-18-11/h10,13H,3-8H2,1-2H3. The topological polar surface area (TPSA) is 71.3 Å². The molecular formula is C12H20N4O2. The molecule has 1 atom stereocenters. The number of rotatable bonds is 5. The summed E-state index contributed by atoms with van der Waals surface area (Å²) in [6.07, 6.45) is 2.96. The quantitative estimate of drug-likeness (QED) is 0.842. The molecule has 0 radical (unpaired) electrons. The van der Waals surface area contributed by atoms with Crippen molar-refractivity contribution in [3.63, 3.8) is 0 Å². The van der Waals surface area contributed by atoms with E-state index >= 15 is 0 Å². The van der Waals surface area contributed by atoms with Crippen molar-refractivity contribution < 1.29 is 9.32 Å². The van der Waals surface area contributed by atoms with Gasteiger partial charge in [-0.25, -0.2) is 0 Å². The van der Waals surface area contributed by atoms with Crippen LogP contribution in [0.2, 0.25) is 0 Å². The lowest BCUT2D eigenvalue weighted by atomic mass is 10.0. The van der Waals surface area contributed by atoms with E-state index in [1.54, 1.807) is 11.8 Å². The molecule has 1 amide bonds. The summed E-state index contributed by atoms with van der Waals surface area (Å²) in [4.78, 5) is 18.1. The summed E-state index contributed by atoms with van der Waals surface area (Å²) in [5.41, 5.74) is 0. The van der Waals surface area contributed by atoms with E-state index in [2.05, 4.69) is 22.4 Å². The van der Waals surface area contributed by atoms with Crippen LogP contribution in [0.3, 0.4) is 0 Å². The minimum absolute atomic E-state index is 0.0530. The zero-order chi connectivity index (χ0) is 13.0. The Morgan fingerprint density at radius 2 is 2.39 bits per heavy atom. The molecule has 1 unspecified atom stereocenters. The highest BCUT2D eigenvalue weighted by Gasteiger charge is 2.29. The van der Waals surface area contributed by atoms with Crippen LogP contribution < -0.4 is 5.32 Å². The van der Waals surface area contributed by atoms with Crippen LogP contribution in [0.5, 0.6) is 0 Å². The predicted molar refractivity (Wildman–Crippen MR) is 65.8 cm³/mol. The summed E-state index contributed by atoms with van der Waals surface area (Å²) in [6.45, 7) is 5.94. The molecule has 1 fully saturated rings. The Morgan fingerprint density at radius 1 is 1.56 bits per heavy atom. The number of aryl methyl sites for hydroxylation is 1. The zero-order valence-corrected chi connectivity index (χ0v) is 11.0. The fraction of sp³-hybridized carbons (Fsp3) is 0.750. The van der Waals surface area contributed by atoms with E-state index in [1.807, 2.05) is 0 Å². The Morgan fingerprint density at radius 3 is 3.06 bits per heavy atom. The van der Waals surface area contributed by atoms with Crippen molar-refractivity contribution in [3.05, 3.63) is 11.7 Å². The lowest BCUT2D eigenvalue weighted by Crippen LogP contribution is -2.50. The van der Waals surface area contributed by atoms with Crippen LogP contribution in [0.1, 0.15) is 37.9 Å². The zero-order valence-electron chi connectivity index (χ0n) is 11.0. The van der Waals surface area contributed by atoms with E-state index in [9.17, 15) is 4.79 Å². The first-order chi connectivity index (χ1) is 8.70. The number of nitrogens with zero attached hydrogens (tertiary/aromatic N) is 3. The Kier molecular flexibility index (Phi) is 4.30. The van der Waals surface area contributed by atoms with Crippen LogP contribution in [0, 0.1) is 6.92 Å². The van der Waals surface area contributed by atoms with Gasteiger partial charge in [0.1, 0.15) is 6.54 Å². The average Bonchev–Trinajstić information content (AvgIpc) is 2.76. The van der Waals surface area contributed by atoms with Crippen molar-refractivity contribution in [1.29, 1.82) is 0 Å². The molecule has 1 aromatic heterocycles. The highest BCUT2D eigenvalue weighted by molar-refractivity contribution is 5.82. The molecule has 0 bridgehead atoms. The summed E-state index contributed by atoms with van der Waals surface area (Å²) in [5.74, 6) is 1.26. The van der Waals surface area contributed by atoms with Crippen molar-refractivity contribution in [1.82, 2.24) is 20.4 Å². The van der Waals surface area contributed by atoms with Gasteiger partial charge in [-0.05, 0) is 32.7 Å². The third kappa shape index (κ3) is 3.07. The number of amides is 1. The second-order valence-corrected chi connectivity index (χ2v) is 4.64. The van der Waals surface area contributed by atoms with Gasteiger partial charge in [0.15, 0.2) is 5.82 Å². The van der Waals surface area contributed by atoms with Crippen molar-refractivity contribution in [3.8, 4) is 0 Å². The third-order valence-electron chi connectivity index (χ3n) is 3.07. The molecule has 0 aromatic carbocycles. The highest BCUT2D eigenvalue weighted by atomic mass is 16.5. The van der Waals surface area contributed by atoms with Gasteiger partial charge in [0.2, 0.25) is 11.8 Å². The Hall–Kier alpha value is -1.43. The molecule has 1 N–H and O–H groups in total. The van der Waals surface area contributed by atoms with Crippen LogP contribution in [-0.2, 0) is 11.3 Å². The number of carbonyl (C=O) groups excluding carboxylic acids is 1. The van der Waals surface area contributed by atoms with E-state index in [0.29, 0.717) is 18.3 Å². The normalized spacial score (nSPS) is 20.4. The molecule has 1 aliphatic heterocycles. The molecule has 6 heteroatoms. The van der Waals surface area contributed by atoms with Gasteiger partial charge in [-0.3, -0.25) is 4.79 Å². The maximum Gasteiger partial charge on any atom is 0.246 e. The van der Waals surface area contributed by atoms with Gasteiger partial charge in [-0.1, -0.05) is 12.1 Å². The minimum Gasteiger partial charge on any atom is -0.337 e. The van der Waals surface area contributed by atoms with E-state index in [4.69, 9.17) is 4.52 Å². The monoisotopic (exact) mass is 252 g/mol. The van der Waals surface area contributed by atoms with Crippen molar-refractivity contribution in [2.45, 2.75) is 45.7 Å². The molecule has 0 saturated carbocycles. The summed E-state index contributed by atoms with van der Waals surface area (Å²) in [7, 11) is 0. The number of likely N-dealkylation sites (tertiary alicyclic amines) is 1. The molecule has 6 nitrogen and oxygen atoms in total. The SMILES string of the molecule is CCCNC1CCCN(Cc2nc(C)no2)C1=O. The maximum absolute atomic E-state index is 12.2. The second kappa shape index (κ2) is 5.95. The molecule has 2 rings (SSSR count). The van der Waals surface area contributed by atoms with Gasteiger partial charge in [-0.15, -0.1) is 0 Å². The van der Waals surface area contributed by atoms with E-state index in [1.165, 1.54) is 0 Å². The van der Waals surface area contributed by atoms with Crippen molar-refractivity contribution >= 4 is 5.91 Å². The summed E-state index contributed by atoms with van der Waals surface area (Å²) >= 11 is 0. The van der Waals surface area contributed by atoms with Crippen LogP contribution in [0.25, 0.3) is 0 Å². The van der Waals surface area contributed by atoms with Gasteiger partial charge in [0.05, 0.1) is 6.04 Å². The van der Waals surface area contributed by atoms with E-state index in [-0.39, 0.29) is 11.9 Å². The molecule has 100 valence electrons. The molecule has 2 heterocycles. The number of carbonyl (C=O) groups is 1. The highest BCUT2D eigenvalue weighted by Crippen LogP contribution is 2.14. The molecular weight excluding hydrogens is 232 g/mol. The summed E-state index contributed by atoms with van der Waals surface area (Å²) in [6, 6.07) is -0.0530. The van der Waals surface area contributed by atoms with Crippen LogP contribution >= 0.6 is 0 Å².